The molecule has 3 N–H and O–H groups in total. The van der Waals surface area contributed by atoms with Crippen molar-refractivity contribution in [1.29, 1.82) is 0 Å². The largest absolute Gasteiger partial charge is 0.490 e. The number of benzene rings is 1. The molecule has 1 saturated carbocycles. The van der Waals surface area contributed by atoms with Gasteiger partial charge in [0.2, 0.25) is 10.0 Å². The fourth-order valence-corrected chi connectivity index (χ4v) is 3.24. The molecule has 0 saturated heterocycles. The van der Waals surface area contributed by atoms with Gasteiger partial charge in [0.15, 0.2) is 11.5 Å². The van der Waals surface area contributed by atoms with E-state index in [2.05, 4.69) is 4.72 Å². The van der Waals surface area contributed by atoms with Crippen LogP contribution in [-0.2, 0) is 10.0 Å². The molecule has 1 fully saturated rings. The summed E-state index contributed by atoms with van der Waals surface area (Å²) in [5.74, 6) is 1.06. The number of nitrogens with two attached hydrogens (primary N) is 1. The summed E-state index contributed by atoms with van der Waals surface area (Å²) in [5.41, 5.74) is 5.61. The van der Waals surface area contributed by atoms with E-state index in [9.17, 15) is 8.42 Å². The minimum atomic E-state index is -3.54. The van der Waals surface area contributed by atoms with Crippen LogP contribution in [0.5, 0.6) is 11.5 Å². The molecule has 2 unspecified atom stereocenters. The Labute approximate surface area is 111 Å². The average molecular weight is 284 g/mol. The van der Waals surface area contributed by atoms with Gasteiger partial charge in [-0.05, 0) is 18.6 Å². The van der Waals surface area contributed by atoms with Gasteiger partial charge in [-0.1, -0.05) is 0 Å². The number of sulfonamides is 1. The molecule has 0 radical (unpaired) electrons. The number of fused-ring (bicyclic) bond motifs is 1. The highest BCUT2D eigenvalue weighted by Crippen LogP contribution is 2.32. The number of hydrogen-bond donors (Lipinski definition) is 2. The minimum Gasteiger partial charge on any atom is -0.490 e. The van der Waals surface area contributed by atoms with Crippen molar-refractivity contribution >= 4 is 10.0 Å². The molecule has 1 aromatic carbocycles. The predicted octanol–water partition coefficient (Wildman–Crippen LogP) is 0.226. The highest BCUT2D eigenvalue weighted by atomic mass is 32.2. The van der Waals surface area contributed by atoms with Crippen LogP contribution in [0.3, 0.4) is 0 Å². The van der Waals surface area contributed by atoms with Crippen molar-refractivity contribution in [2.75, 3.05) is 13.2 Å². The second-order valence-corrected chi connectivity index (χ2v) is 6.50. The summed E-state index contributed by atoms with van der Waals surface area (Å²) in [6, 6.07) is 4.42. The van der Waals surface area contributed by atoms with E-state index in [0.717, 1.165) is 6.42 Å². The fourth-order valence-electron chi connectivity index (χ4n) is 1.93. The lowest BCUT2D eigenvalue weighted by Crippen LogP contribution is -2.29. The molecule has 1 heterocycles. The van der Waals surface area contributed by atoms with E-state index >= 15 is 0 Å². The minimum absolute atomic E-state index is 0.0739. The molecule has 7 heteroatoms. The first kappa shape index (κ1) is 12.7. The van der Waals surface area contributed by atoms with Crippen molar-refractivity contribution in [2.45, 2.75) is 29.8 Å². The van der Waals surface area contributed by atoms with Crippen LogP contribution < -0.4 is 19.9 Å². The van der Waals surface area contributed by atoms with E-state index in [1.807, 2.05) is 0 Å². The zero-order valence-electron chi connectivity index (χ0n) is 10.3. The van der Waals surface area contributed by atoms with Crippen molar-refractivity contribution in [3.8, 4) is 11.5 Å². The lowest BCUT2D eigenvalue weighted by molar-refractivity contribution is 0.297. The third-order valence-electron chi connectivity index (χ3n) is 3.18. The molecule has 1 aliphatic carbocycles. The summed E-state index contributed by atoms with van der Waals surface area (Å²) in [7, 11) is -3.54. The highest BCUT2D eigenvalue weighted by molar-refractivity contribution is 7.89. The Morgan fingerprint density at radius 1 is 1.21 bits per heavy atom. The molecule has 1 aliphatic heterocycles. The Bertz CT molecular complexity index is 587. The van der Waals surface area contributed by atoms with Gasteiger partial charge in [0, 0.05) is 24.6 Å². The molecule has 104 valence electrons. The zero-order chi connectivity index (χ0) is 13.5. The maximum Gasteiger partial charge on any atom is 0.241 e. The summed E-state index contributed by atoms with van der Waals surface area (Å²) in [4.78, 5) is 0.177. The van der Waals surface area contributed by atoms with Gasteiger partial charge in [0.1, 0.15) is 0 Å². The van der Waals surface area contributed by atoms with Gasteiger partial charge in [-0.3, -0.25) is 0 Å². The lowest BCUT2D eigenvalue weighted by atomic mass is 10.3. The normalized spacial score (nSPS) is 25.7. The van der Waals surface area contributed by atoms with E-state index in [4.69, 9.17) is 15.2 Å². The lowest BCUT2D eigenvalue weighted by Gasteiger charge is -2.10. The molecule has 0 spiro atoms. The van der Waals surface area contributed by atoms with E-state index < -0.39 is 10.0 Å². The Balaban J connectivity index is 1.86. The van der Waals surface area contributed by atoms with E-state index in [1.165, 1.54) is 12.1 Å². The SMILES string of the molecule is NC1CC1NS(=O)(=O)c1ccc2c(c1)OCCCO2. The van der Waals surface area contributed by atoms with Crippen LogP contribution in [0.1, 0.15) is 12.8 Å². The van der Waals surface area contributed by atoms with Crippen molar-refractivity contribution in [3.05, 3.63) is 18.2 Å². The molecule has 1 aromatic rings. The summed E-state index contributed by atoms with van der Waals surface area (Å²) in [6.45, 7) is 1.10. The van der Waals surface area contributed by atoms with Gasteiger partial charge in [0.25, 0.3) is 0 Å². The van der Waals surface area contributed by atoms with Crippen molar-refractivity contribution < 1.29 is 17.9 Å². The Hall–Kier alpha value is -1.31. The quantitative estimate of drug-likeness (QED) is 0.829. The number of rotatable bonds is 3. The van der Waals surface area contributed by atoms with Gasteiger partial charge in [-0.25, -0.2) is 13.1 Å². The molecule has 0 aromatic heterocycles. The summed E-state index contributed by atoms with van der Waals surface area (Å²) in [5, 5.41) is 0. The molecule has 2 atom stereocenters. The van der Waals surface area contributed by atoms with Crippen LogP contribution in [0.4, 0.5) is 0 Å². The van der Waals surface area contributed by atoms with Crippen molar-refractivity contribution in [1.82, 2.24) is 4.72 Å². The van der Waals surface area contributed by atoms with Gasteiger partial charge in [-0.15, -0.1) is 0 Å². The first-order valence-electron chi connectivity index (χ1n) is 6.24. The Morgan fingerprint density at radius 2 is 1.89 bits per heavy atom. The molecular weight excluding hydrogens is 268 g/mol. The average Bonchev–Trinajstić information content (AvgIpc) is 3.09. The first-order valence-corrected chi connectivity index (χ1v) is 7.72. The molecule has 19 heavy (non-hydrogen) atoms. The Kier molecular flexibility index (Phi) is 3.12. The molecule has 0 bridgehead atoms. The van der Waals surface area contributed by atoms with E-state index in [0.29, 0.717) is 31.1 Å². The van der Waals surface area contributed by atoms with Crippen LogP contribution in [-0.4, -0.2) is 33.7 Å². The summed E-state index contributed by atoms with van der Waals surface area (Å²) < 4.78 is 37.8. The van der Waals surface area contributed by atoms with E-state index in [1.54, 1.807) is 6.07 Å². The number of ether oxygens (including phenoxy) is 2. The maximum absolute atomic E-state index is 12.1. The van der Waals surface area contributed by atoms with Crippen molar-refractivity contribution in [3.63, 3.8) is 0 Å². The molecular formula is C12H16N2O4S. The van der Waals surface area contributed by atoms with Crippen LogP contribution in [0.2, 0.25) is 0 Å². The van der Waals surface area contributed by atoms with Crippen molar-refractivity contribution in [2.24, 2.45) is 5.73 Å². The topological polar surface area (TPSA) is 90.7 Å². The van der Waals surface area contributed by atoms with Gasteiger partial charge < -0.3 is 15.2 Å². The Morgan fingerprint density at radius 3 is 2.58 bits per heavy atom. The highest BCUT2D eigenvalue weighted by Gasteiger charge is 2.37. The monoisotopic (exact) mass is 284 g/mol. The standard InChI is InChI=1S/C12H16N2O4S/c13-9-7-10(9)14-19(15,16)8-2-3-11-12(6-8)18-5-1-4-17-11/h2-3,6,9-10,14H,1,4-5,7,13H2. The zero-order valence-corrected chi connectivity index (χ0v) is 11.2. The number of nitrogens with one attached hydrogen (secondary N) is 1. The second-order valence-electron chi connectivity index (χ2n) is 4.79. The van der Waals surface area contributed by atoms with Crippen LogP contribution >= 0.6 is 0 Å². The smallest absolute Gasteiger partial charge is 0.241 e. The van der Waals surface area contributed by atoms with Crippen LogP contribution in [0, 0.1) is 0 Å². The maximum atomic E-state index is 12.1. The summed E-state index contributed by atoms with van der Waals surface area (Å²) in [6.07, 6.45) is 1.47. The van der Waals surface area contributed by atoms with Gasteiger partial charge >= 0.3 is 0 Å². The number of hydrogen-bond acceptors (Lipinski definition) is 5. The predicted molar refractivity (Wildman–Crippen MR) is 68.8 cm³/mol. The van der Waals surface area contributed by atoms with Crippen LogP contribution in [0.25, 0.3) is 0 Å². The van der Waals surface area contributed by atoms with Gasteiger partial charge in [-0.2, -0.15) is 0 Å². The fraction of sp³-hybridized carbons (Fsp3) is 0.500. The molecule has 6 nitrogen and oxygen atoms in total. The van der Waals surface area contributed by atoms with E-state index in [-0.39, 0.29) is 17.0 Å². The third kappa shape index (κ3) is 2.68. The third-order valence-corrected chi connectivity index (χ3v) is 4.66. The van der Waals surface area contributed by atoms with Gasteiger partial charge in [0.05, 0.1) is 18.1 Å². The molecule has 2 aliphatic rings. The molecule has 0 amide bonds. The van der Waals surface area contributed by atoms with Crippen LogP contribution in [0.15, 0.2) is 23.1 Å². The summed E-state index contributed by atoms with van der Waals surface area (Å²) >= 11 is 0. The first-order chi connectivity index (χ1) is 9.06. The second kappa shape index (κ2) is 4.66. The molecule has 3 rings (SSSR count).